The Balaban J connectivity index is 1.63. The standard InChI is InChI=1S/C18H15F4N3O3/c19-13-4-3-12(28-18(20,21)22)7-11(13)9-24-17(27)14-5-6-23-16(25-14)8-15(26)10-1-2-10/h3-7,10H,1-2,8-9H2,(H,24,27). The largest absolute Gasteiger partial charge is 0.573 e. The molecule has 3 rings (SSSR count). The Morgan fingerprint density at radius 3 is 2.64 bits per heavy atom. The Kier molecular flexibility index (Phi) is 5.57. The van der Waals surface area contributed by atoms with E-state index in [1.54, 1.807) is 0 Å². The first-order chi connectivity index (χ1) is 13.2. The lowest BCUT2D eigenvalue weighted by atomic mass is 10.2. The molecule has 0 bridgehead atoms. The Bertz CT molecular complexity index is 898. The Morgan fingerprint density at radius 1 is 1.21 bits per heavy atom. The molecule has 28 heavy (non-hydrogen) atoms. The van der Waals surface area contributed by atoms with Crippen molar-refractivity contribution >= 4 is 11.7 Å². The molecule has 10 heteroatoms. The number of aromatic nitrogens is 2. The molecule has 6 nitrogen and oxygen atoms in total. The van der Waals surface area contributed by atoms with Crippen molar-refractivity contribution in [1.29, 1.82) is 0 Å². The molecule has 1 aromatic heterocycles. The number of ether oxygens (including phenoxy) is 1. The topological polar surface area (TPSA) is 81.2 Å². The van der Waals surface area contributed by atoms with Gasteiger partial charge in [-0.15, -0.1) is 13.2 Å². The van der Waals surface area contributed by atoms with Gasteiger partial charge in [0.05, 0.1) is 6.42 Å². The molecule has 0 aliphatic heterocycles. The van der Waals surface area contributed by atoms with E-state index in [0.29, 0.717) is 0 Å². The summed E-state index contributed by atoms with van der Waals surface area (Å²) < 4.78 is 54.3. The fourth-order valence-corrected chi connectivity index (χ4v) is 2.47. The average Bonchev–Trinajstić information content (AvgIpc) is 3.46. The number of hydrogen-bond donors (Lipinski definition) is 1. The third-order valence-electron chi connectivity index (χ3n) is 3.99. The normalized spacial score (nSPS) is 13.9. The first-order valence-electron chi connectivity index (χ1n) is 8.38. The van der Waals surface area contributed by atoms with Crippen molar-refractivity contribution < 1.29 is 31.9 Å². The fraction of sp³-hybridized carbons (Fsp3) is 0.333. The lowest BCUT2D eigenvalue weighted by Gasteiger charge is -2.11. The van der Waals surface area contributed by atoms with E-state index in [0.717, 1.165) is 31.0 Å². The van der Waals surface area contributed by atoms with E-state index >= 15 is 0 Å². The highest BCUT2D eigenvalue weighted by Crippen LogP contribution is 2.30. The number of carbonyl (C=O) groups excluding carboxylic acids is 2. The number of ketones is 1. The number of amides is 1. The second kappa shape index (κ2) is 7.91. The lowest BCUT2D eigenvalue weighted by molar-refractivity contribution is -0.274. The molecule has 1 heterocycles. The van der Waals surface area contributed by atoms with Crippen molar-refractivity contribution in [2.75, 3.05) is 0 Å². The van der Waals surface area contributed by atoms with Crippen LogP contribution in [0.3, 0.4) is 0 Å². The van der Waals surface area contributed by atoms with Crippen LogP contribution in [0, 0.1) is 11.7 Å². The van der Waals surface area contributed by atoms with E-state index in [4.69, 9.17) is 0 Å². The molecule has 0 atom stereocenters. The fourth-order valence-electron chi connectivity index (χ4n) is 2.47. The summed E-state index contributed by atoms with van der Waals surface area (Å²) in [6.45, 7) is -0.375. The third kappa shape index (κ3) is 5.48. The van der Waals surface area contributed by atoms with Crippen LogP contribution in [0.2, 0.25) is 0 Å². The molecule has 0 unspecified atom stereocenters. The number of rotatable bonds is 7. The Hall–Kier alpha value is -3.04. The molecule has 1 aliphatic carbocycles. The Morgan fingerprint density at radius 2 is 1.96 bits per heavy atom. The Labute approximate surface area is 156 Å². The number of hydrogen-bond acceptors (Lipinski definition) is 5. The number of benzene rings is 1. The summed E-state index contributed by atoms with van der Waals surface area (Å²) >= 11 is 0. The van der Waals surface area contributed by atoms with Gasteiger partial charge < -0.3 is 10.1 Å². The van der Waals surface area contributed by atoms with Crippen molar-refractivity contribution in [1.82, 2.24) is 15.3 Å². The molecule has 1 N–H and O–H groups in total. The van der Waals surface area contributed by atoms with Gasteiger partial charge in [-0.1, -0.05) is 0 Å². The number of Topliss-reactive ketones (excluding diaryl/α,β-unsaturated/α-hetero) is 1. The maximum atomic E-state index is 13.8. The van der Waals surface area contributed by atoms with Crippen molar-refractivity contribution in [2.45, 2.75) is 32.2 Å². The zero-order valence-corrected chi connectivity index (χ0v) is 14.4. The molecule has 1 aromatic carbocycles. The SMILES string of the molecule is O=C(NCc1cc(OC(F)(F)F)ccc1F)c1ccnc(CC(=O)C2CC2)n1. The molecule has 1 saturated carbocycles. The molecule has 1 aliphatic rings. The summed E-state index contributed by atoms with van der Waals surface area (Å²) in [4.78, 5) is 32.0. The molecular weight excluding hydrogens is 382 g/mol. The quantitative estimate of drug-likeness (QED) is 0.727. The molecule has 0 saturated heterocycles. The zero-order chi connectivity index (χ0) is 20.3. The van der Waals surface area contributed by atoms with Crippen LogP contribution in [-0.4, -0.2) is 28.0 Å². The summed E-state index contributed by atoms with van der Waals surface area (Å²) in [5, 5.41) is 2.37. The van der Waals surface area contributed by atoms with Gasteiger partial charge >= 0.3 is 6.36 Å². The molecule has 2 aromatic rings. The molecular formula is C18H15F4N3O3. The average molecular weight is 397 g/mol. The van der Waals surface area contributed by atoms with Gasteiger partial charge in [0.25, 0.3) is 5.91 Å². The minimum Gasteiger partial charge on any atom is -0.406 e. The second-order valence-electron chi connectivity index (χ2n) is 6.26. The first kappa shape index (κ1) is 19.7. The van der Waals surface area contributed by atoms with Gasteiger partial charge in [0.1, 0.15) is 28.9 Å². The smallest absolute Gasteiger partial charge is 0.406 e. The summed E-state index contributed by atoms with van der Waals surface area (Å²) in [6.07, 6.45) is -1.86. The van der Waals surface area contributed by atoms with E-state index in [2.05, 4.69) is 20.0 Å². The molecule has 0 radical (unpaired) electrons. The van der Waals surface area contributed by atoms with E-state index in [1.165, 1.54) is 12.3 Å². The van der Waals surface area contributed by atoms with Crippen molar-refractivity contribution in [3.63, 3.8) is 0 Å². The van der Waals surface area contributed by atoms with E-state index in [-0.39, 0.29) is 41.7 Å². The molecule has 1 fully saturated rings. The maximum Gasteiger partial charge on any atom is 0.573 e. The van der Waals surface area contributed by atoms with Crippen LogP contribution in [-0.2, 0) is 17.8 Å². The van der Waals surface area contributed by atoms with Crippen LogP contribution in [0.15, 0.2) is 30.5 Å². The maximum absolute atomic E-state index is 13.8. The predicted molar refractivity (Wildman–Crippen MR) is 87.7 cm³/mol. The van der Waals surface area contributed by atoms with Crippen LogP contribution in [0.4, 0.5) is 17.6 Å². The number of halogens is 4. The van der Waals surface area contributed by atoms with Gasteiger partial charge in [-0.3, -0.25) is 9.59 Å². The van der Waals surface area contributed by atoms with Crippen molar-refractivity contribution in [3.8, 4) is 5.75 Å². The highest BCUT2D eigenvalue weighted by atomic mass is 19.4. The first-order valence-corrected chi connectivity index (χ1v) is 8.38. The van der Waals surface area contributed by atoms with Crippen LogP contribution >= 0.6 is 0 Å². The predicted octanol–water partition coefficient (Wildman–Crippen LogP) is 2.97. The minimum absolute atomic E-state index is 0.0149. The van der Waals surface area contributed by atoms with Gasteiger partial charge in [-0.2, -0.15) is 0 Å². The number of nitrogens with zero attached hydrogens (tertiary/aromatic N) is 2. The highest BCUT2D eigenvalue weighted by Gasteiger charge is 2.31. The summed E-state index contributed by atoms with van der Waals surface area (Å²) in [5.41, 5.74) is -0.218. The van der Waals surface area contributed by atoms with Crippen LogP contribution in [0.1, 0.15) is 34.7 Å². The van der Waals surface area contributed by atoms with E-state index in [1.807, 2.05) is 0 Å². The monoisotopic (exact) mass is 397 g/mol. The number of carbonyl (C=O) groups is 2. The van der Waals surface area contributed by atoms with Crippen molar-refractivity contribution in [3.05, 3.63) is 53.4 Å². The van der Waals surface area contributed by atoms with Gasteiger partial charge in [0.15, 0.2) is 0 Å². The van der Waals surface area contributed by atoms with Gasteiger partial charge in [-0.25, -0.2) is 14.4 Å². The van der Waals surface area contributed by atoms with E-state index < -0.39 is 23.8 Å². The number of nitrogens with one attached hydrogen (secondary N) is 1. The summed E-state index contributed by atoms with van der Waals surface area (Å²) in [5.74, 6) is -1.81. The second-order valence-corrected chi connectivity index (χ2v) is 6.26. The van der Waals surface area contributed by atoms with Crippen LogP contribution < -0.4 is 10.1 Å². The number of alkyl halides is 3. The van der Waals surface area contributed by atoms with Gasteiger partial charge in [-0.05, 0) is 37.1 Å². The zero-order valence-electron chi connectivity index (χ0n) is 14.4. The highest BCUT2D eigenvalue weighted by molar-refractivity contribution is 5.92. The minimum atomic E-state index is -4.91. The van der Waals surface area contributed by atoms with Crippen LogP contribution in [0.5, 0.6) is 5.75 Å². The summed E-state index contributed by atoms with van der Waals surface area (Å²) in [7, 11) is 0. The van der Waals surface area contributed by atoms with Crippen LogP contribution in [0.25, 0.3) is 0 Å². The van der Waals surface area contributed by atoms with E-state index in [9.17, 15) is 27.2 Å². The lowest BCUT2D eigenvalue weighted by Crippen LogP contribution is -2.25. The summed E-state index contributed by atoms with van der Waals surface area (Å²) in [6, 6.07) is 3.82. The molecule has 0 spiro atoms. The molecule has 1 amide bonds. The molecule has 148 valence electrons. The third-order valence-corrected chi connectivity index (χ3v) is 3.99. The van der Waals surface area contributed by atoms with Gasteiger partial charge in [0.2, 0.25) is 0 Å². The van der Waals surface area contributed by atoms with Gasteiger partial charge in [0, 0.05) is 24.2 Å². The van der Waals surface area contributed by atoms with Crippen molar-refractivity contribution in [2.24, 2.45) is 5.92 Å².